The highest BCUT2D eigenvalue weighted by molar-refractivity contribution is 5.98. The first-order valence-corrected chi connectivity index (χ1v) is 6.22. The zero-order valence-electron chi connectivity index (χ0n) is 10.8. The molecule has 1 amide bonds. The summed E-state index contributed by atoms with van der Waals surface area (Å²) in [5.41, 5.74) is 0.756. The molecule has 3 rings (SSSR count). The van der Waals surface area contributed by atoms with Crippen LogP contribution in [0.3, 0.4) is 0 Å². The molecule has 0 saturated heterocycles. The van der Waals surface area contributed by atoms with E-state index in [9.17, 15) is 9.59 Å². The number of carbonyl (C=O) groups excluding carboxylic acids is 2. The van der Waals surface area contributed by atoms with Gasteiger partial charge in [-0.15, -0.1) is 0 Å². The summed E-state index contributed by atoms with van der Waals surface area (Å²) in [5.74, 6) is -0.746. The number of hydrogen-bond acceptors (Lipinski definition) is 4. The highest BCUT2D eigenvalue weighted by atomic mass is 16.6. The number of ether oxygens (including phenoxy) is 2. The molecule has 100 valence electrons. The van der Waals surface area contributed by atoms with Gasteiger partial charge in [-0.3, -0.25) is 9.59 Å². The molecule has 1 heterocycles. The molecule has 19 heavy (non-hydrogen) atoms. The normalized spacial score (nSPS) is 31.6. The van der Waals surface area contributed by atoms with Crippen LogP contribution in [0.15, 0.2) is 24.3 Å². The van der Waals surface area contributed by atoms with Gasteiger partial charge in [0.2, 0.25) is 5.91 Å². The molecule has 0 aromatic heterocycles. The van der Waals surface area contributed by atoms with E-state index in [2.05, 4.69) is 5.32 Å². The van der Waals surface area contributed by atoms with Crippen molar-refractivity contribution in [1.82, 2.24) is 0 Å². The van der Waals surface area contributed by atoms with Crippen molar-refractivity contribution in [1.29, 1.82) is 0 Å². The number of anilines is 1. The van der Waals surface area contributed by atoms with Crippen LogP contribution in [0.25, 0.3) is 0 Å². The third kappa shape index (κ3) is 1.51. The molecule has 0 radical (unpaired) electrons. The molecule has 1 aliphatic carbocycles. The van der Waals surface area contributed by atoms with E-state index in [-0.39, 0.29) is 17.8 Å². The monoisotopic (exact) mass is 261 g/mol. The van der Waals surface area contributed by atoms with Crippen molar-refractivity contribution < 1.29 is 19.1 Å². The number of fused-ring (bicyclic) bond motifs is 3. The Morgan fingerprint density at radius 2 is 2.16 bits per heavy atom. The number of benzene rings is 1. The standard InChI is InChI=1S/C14H15NO4/c1-8(16)19-12-7-10-13(17)15-11-6-4-3-5-9(11)14(10,12)18-2/h3-6,10,12H,7H2,1-2H3,(H,15,17)/t10-,12-,14-/m1/s1. The van der Waals surface area contributed by atoms with Gasteiger partial charge in [-0.05, 0) is 6.07 Å². The van der Waals surface area contributed by atoms with Gasteiger partial charge >= 0.3 is 5.97 Å². The molecule has 1 N–H and O–H groups in total. The van der Waals surface area contributed by atoms with Crippen LogP contribution in [0.5, 0.6) is 0 Å². The van der Waals surface area contributed by atoms with Crippen LogP contribution in [0, 0.1) is 5.92 Å². The quantitative estimate of drug-likeness (QED) is 0.818. The summed E-state index contributed by atoms with van der Waals surface area (Å²) in [4.78, 5) is 23.3. The molecule has 0 unspecified atom stereocenters. The maximum Gasteiger partial charge on any atom is 0.303 e. The van der Waals surface area contributed by atoms with E-state index >= 15 is 0 Å². The van der Waals surface area contributed by atoms with Gasteiger partial charge in [0.25, 0.3) is 0 Å². The molecular formula is C14H15NO4. The maximum absolute atomic E-state index is 12.1. The molecule has 1 aromatic carbocycles. The second kappa shape index (κ2) is 4.06. The molecule has 1 fully saturated rings. The van der Waals surface area contributed by atoms with Gasteiger partial charge in [0.05, 0.1) is 5.92 Å². The van der Waals surface area contributed by atoms with Gasteiger partial charge in [0, 0.05) is 31.7 Å². The van der Waals surface area contributed by atoms with E-state index < -0.39 is 11.7 Å². The lowest BCUT2D eigenvalue weighted by molar-refractivity contribution is -0.230. The Hall–Kier alpha value is -1.88. The Kier molecular flexibility index (Phi) is 2.60. The topological polar surface area (TPSA) is 64.6 Å². The van der Waals surface area contributed by atoms with E-state index in [0.717, 1.165) is 11.3 Å². The van der Waals surface area contributed by atoms with Crippen LogP contribution in [0.2, 0.25) is 0 Å². The largest absolute Gasteiger partial charge is 0.459 e. The minimum Gasteiger partial charge on any atom is -0.459 e. The number of rotatable bonds is 2. The molecule has 0 spiro atoms. The Labute approximate surface area is 110 Å². The minimum atomic E-state index is -0.843. The van der Waals surface area contributed by atoms with E-state index in [1.54, 1.807) is 7.11 Å². The van der Waals surface area contributed by atoms with Crippen molar-refractivity contribution in [3.05, 3.63) is 29.8 Å². The van der Waals surface area contributed by atoms with Gasteiger partial charge < -0.3 is 14.8 Å². The first-order chi connectivity index (χ1) is 9.09. The number of hydrogen-bond donors (Lipinski definition) is 1. The van der Waals surface area contributed by atoms with Crippen molar-refractivity contribution in [2.24, 2.45) is 5.92 Å². The maximum atomic E-state index is 12.1. The number of amides is 1. The van der Waals surface area contributed by atoms with Crippen molar-refractivity contribution >= 4 is 17.6 Å². The highest BCUT2D eigenvalue weighted by Gasteiger charge is 2.64. The second-order valence-electron chi connectivity index (χ2n) is 4.92. The zero-order valence-corrected chi connectivity index (χ0v) is 10.8. The number of nitrogens with one attached hydrogen (secondary N) is 1. The summed E-state index contributed by atoms with van der Waals surface area (Å²) in [7, 11) is 1.55. The number of esters is 1. The lowest BCUT2D eigenvalue weighted by Crippen LogP contribution is -2.65. The van der Waals surface area contributed by atoms with Crippen molar-refractivity contribution in [3.8, 4) is 0 Å². The summed E-state index contributed by atoms with van der Waals surface area (Å²) < 4.78 is 11.0. The fourth-order valence-electron chi connectivity index (χ4n) is 3.16. The highest BCUT2D eigenvalue weighted by Crippen LogP contribution is 2.55. The summed E-state index contributed by atoms with van der Waals surface area (Å²) in [6.07, 6.45) is 0.0836. The lowest BCUT2D eigenvalue weighted by atomic mass is 9.60. The zero-order chi connectivity index (χ0) is 13.6. The molecule has 0 bridgehead atoms. The van der Waals surface area contributed by atoms with E-state index in [1.165, 1.54) is 6.92 Å². The van der Waals surface area contributed by atoms with Crippen LogP contribution < -0.4 is 5.32 Å². The third-order valence-electron chi connectivity index (χ3n) is 4.01. The molecule has 1 aromatic rings. The van der Waals surface area contributed by atoms with Crippen molar-refractivity contribution in [2.45, 2.75) is 25.0 Å². The van der Waals surface area contributed by atoms with E-state index in [0.29, 0.717) is 6.42 Å². The smallest absolute Gasteiger partial charge is 0.303 e. The number of para-hydroxylation sites is 1. The molecule has 3 atom stereocenters. The average Bonchev–Trinajstić information content (AvgIpc) is 2.36. The average molecular weight is 261 g/mol. The van der Waals surface area contributed by atoms with Gasteiger partial charge in [0.1, 0.15) is 11.7 Å². The molecule has 2 aliphatic rings. The number of methoxy groups -OCH3 is 1. The second-order valence-corrected chi connectivity index (χ2v) is 4.92. The lowest BCUT2D eigenvalue weighted by Gasteiger charge is -2.55. The molecular weight excluding hydrogens is 246 g/mol. The summed E-state index contributed by atoms with van der Waals surface area (Å²) in [6, 6.07) is 7.47. The first kappa shape index (κ1) is 12.2. The summed E-state index contributed by atoms with van der Waals surface area (Å²) >= 11 is 0. The Bertz CT molecular complexity index is 556. The number of carbonyl (C=O) groups is 2. The van der Waals surface area contributed by atoms with Crippen LogP contribution in [-0.4, -0.2) is 25.1 Å². The van der Waals surface area contributed by atoms with Crippen molar-refractivity contribution in [3.63, 3.8) is 0 Å². The first-order valence-electron chi connectivity index (χ1n) is 6.22. The summed E-state index contributed by atoms with van der Waals surface area (Å²) in [6.45, 7) is 1.37. The Morgan fingerprint density at radius 1 is 1.42 bits per heavy atom. The van der Waals surface area contributed by atoms with Gasteiger partial charge in [0.15, 0.2) is 0 Å². The Morgan fingerprint density at radius 3 is 2.84 bits per heavy atom. The van der Waals surface area contributed by atoms with E-state index in [1.807, 2.05) is 24.3 Å². The van der Waals surface area contributed by atoms with Gasteiger partial charge in [-0.1, -0.05) is 18.2 Å². The van der Waals surface area contributed by atoms with Crippen molar-refractivity contribution in [2.75, 3.05) is 12.4 Å². The summed E-state index contributed by atoms with van der Waals surface area (Å²) in [5, 5.41) is 2.86. The fourth-order valence-corrected chi connectivity index (χ4v) is 3.16. The SMILES string of the molecule is CO[C@]12c3ccccc3NC(=O)[C@H]1C[C@H]2OC(C)=O. The molecule has 5 heteroatoms. The predicted molar refractivity (Wildman–Crippen MR) is 67.4 cm³/mol. The van der Waals surface area contributed by atoms with Crippen LogP contribution >= 0.6 is 0 Å². The minimum absolute atomic E-state index is 0.0797. The molecule has 1 aliphatic heterocycles. The Balaban J connectivity index is 2.09. The van der Waals surface area contributed by atoms with Crippen LogP contribution in [0.1, 0.15) is 18.9 Å². The van der Waals surface area contributed by atoms with E-state index in [4.69, 9.17) is 9.47 Å². The molecule has 5 nitrogen and oxygen atoms in total. The fraction of sp³-hybridized carbons (Fsp3) is 0.429. The van der Waals surface area contributed by atoms with Crippen LogP contribution in [-0.2, 0) is 24.7 Å². The molecule has 1 saturated carbocycles. The van der Waals surface area contributed by atoms with Crippen LogP contribution in [0.4, 0.5) is 5.69 Å². The van der Waals surface area contributed by atoms with Gasteiger partial charge in [-0.2, -0.15) is 0 Å². The predicted octanol–water partition coefficient (Wildman–Crippen LogP) is 1.43. The van der Waals surface area contributed by atoms with Gasteiger partial charge in [-0.25, -0.2) is 0 Å². The third-order valence-corrected chi connectivity index (χ3v) is 4.01.